The van der Waals surface area contributed by atoms with Crippen molar-refractivity contribution < 1.29 is 0 Å². The number of hydrogen-bond acceptors (Lipinski definition) is 0. The highest BCUT2D eigenvalue weighted by atomic mass is 35.5. The van der Waals surface area contributed by atoms with E-state index in [0.29, 0.717) is 5.92 Å². The standard InChI is InChI=1S/C12H15Cl/c1-9(2)10(3)11-5-4-6-12(13)8-7-11/h4,6-9H,3,5H2,1-2H3. The van der Waals surface area contributed by atoms with Crippen LogP contribution in [0.25, 0.3) is 0 Å². The van der Waals surface area contributed by atoms with Crippen molar-refractivity contribution in [3.05, 3.63) is 47.1 Å². The van der Waals surface area contributed by atoms with E-state index in [4.69, 9.17) is 11.6 Å². The van der Waals surface area contributed by atoms with Gasteiger partial charge in [0.1, 0.15) is 0 Å². The molecule has 0 atom stereocenters. The summed E-state index contributed by atoms with van der Waals surface area (Å²) in [5.41, 5.74) is 2.48. The molecule has 0 heterocycles. The minimum Gasteiger partial charge on any atom is -0.0953 e. The fourth-order valence-electron chi connectivity index (χ4n) is 1.21. The molecule has 0 aromatic rings. The van der Waals surface area contributed by atoms with E-state index in [0.717, 1.165) is 11.5 Å². The van der Waals surface area contributed by atoms with Gasteiger partial charge < -0.3 is 0 Å². The molecule has 1 heteroatoms. The lowest BCUT2D eigenvalue weighted by Gasteiger charge is -2.11. The molecular formula is C12H15Cl. The van der Waals surface area contributed by atoms with E-state index in [1.165, 1.54) is 11.1 Å². The zero-order valence-corrected chi connectivity index (χ0v) is 8.93. The Morgan fingerprint density at radius 1 is 1.46 bits per heavy atom. The first-order chi connectivity index (χ1) is 6.11. The van der Waals surface area contributed by atoms with Crippen LogP contribution in [-0.2, 0) is 0 Å². The fraction of sp³-hybridized carbons (Fsp3) is 0.333. The lowest BCUT2D eigenvalue weighted by atomic mass is 9.95. The lowest BCUT2D eigenvalue weighted by molar-refractivity contribution is 0.775. The van der Waals surface area contributed by atoms with Crippen LogP contribution >= 0.6 is 11.6 Å². The molecule has 0 aliphatic heterocycles. The normalized spacial score (nSPS) is 16.6. The summed E-state index contributed by atoms with van der Waals surface area (Å²) in [6.07, 6.45) is 8.92. The number of halogens is 1. The van der Waals surface area contributed by atoms with E-state index in [-0.39, 0.29) is 0 Å². The van der Waals surface area contributed by atoms with Crippen LogP contribution < -0.4 is 0 Å². The average Bonchev–Trinajstić information content (AvgIpc) is 2.28. The Hall–Kier alpha value is -0.750. The van der Waals surface area contributed by atoms with Crippen LogP contribution in [-0.4, -0.2) is 0 Å². The summed E-state index contributed by atoms with van der Waals surface area (Å²) in [6, 6.07) is 0. The SMILES string of the molecule is C=C(C1=CC=C(Cl)C=CC1)C(C)C. The van der Waals surface area contributed by atoms with Crippen molar-refractivity contribution in [1.82, 2.24) is 0 Å². The Morgan fingerprint density at radius 3 is 2.77 bits per heavy atom. The van der Waals surface area contributed by atoms with Crippen molar-refractivity contribution in [3.63, 3.8) is 0 Å². The van der Waals surface area contributed by atoms with Crippen molar-refractivity contribution in [1.29, 1.82) is 0 Å². The van der Waals surface area contributed by atoms with Crippen LogP contribution in [0.3, 0.4) is 0 Å². The molecule has 1 aliphatic carbocycles. The molecule has 0 N–H and O–H groups in total. The molecule has 0 amide bonds. The minimum absolute atomic E-state index is 0.505. The second-order valence-corrected chi connectivity index (χ2v) is 3.97. The lowest BCUT2D eigenvalue weighted by Crippen LogP contribution is -1.95. The Morgan fingerprint density at radius 2 is 2.15 bits per heavy atom. The minimum atomic E-state index is 0.505. The van der Waals surface area contributed by atoms with E-state index in [1.807, 2.05) is 12.2 Å². The molecule has 0 saturated carbocycles. The largest absolute Gasteiger partial charge is 0.0953 e. The summed E-state index contributed by atoms with van der Waals surface area (Å²) < 4.78 is 0. The molecule has 0 saturated heterocycles. The fourth-order valence-corrected chi connectivity index (χ4v) is 1.36. The van der Waals surface area contributed by atoms with Crippen molar-refractivity contribution in [3.8, 4) is 0 Å². The highest BCUT2D eigenvalue weighted by Gasteiger charge is 2.06. The summed E-state index contributed by atoms with van der Waals surface area (Å²) in [5, 5.41) is 0.784. The van der Waals surface area contributed by atoms with Crippen molar-refractivity contribution in [2.24, 2.45) is 5.92 Å². The Bertz CT molecular complexity index is 290. The third kappa shape index (κ3) is 2.89. The van der Waals surface area contributed by atoms with Gasteiger partial charge in [0, 0.05) is 5.03 Å². The van der Waals surface area contributed by atoms with Gasteiger partial charge in [0.2, 0.25) is 0 Å². The van der Waals surface area contributed by atoms with E-state index in [1.54, 1.807) is 0 Å². The van der Waals surface area contributed by atoms with Gasteiger partial charge in [0.15, 0.2) is 0 Å². The number of allylic oxidation sites excluding steroid dienone is 7. The molecule has 0 aromatic carbocycles. The van der Waals surface area contributed by atoms with E-state index in [9.17, 15) is 0 Å². The van der Waals surface area contributed by atoms with E-state index < -0.39 is 0 Å². The Labute approximate surface area is 85.3 Å². The van der Waals surface area contributed by atoms with E-state index >= 15 is 0 Å². The maximum atomic E-state index is 5.87. The summed E-state index contributed by atoms with van der Waals surface area (Å²) in [7, 11) is 0. The first-order valence-corrected chi connectivity index (χ1v) is 4.91. The molecule has 1 rings (SSSR count). The molecule has 0 fully saturated rings. The van der Waals surface area contributed by atoms with Gasteiger partial charge in [-0.05, 0) is 35.6 Å². The van der Waals surface area contributed by atoms with Crippen molar-refractivity contribution >= 4 is 11.6 Å². The number of hydrogen-bond donors (Lipinski definition) is 0. The summed E-state index contributed by atoms with van der Waals surface area (Å²) in [6.45, 7) is 8.38. The molecule has 70 valence electrons. The maximum absolute atomic E-state index is 5.87. The first kappa shape index (κ1) is 10.3. The van der Waals surface area contributed by atoms with Gasteiger partial charge in [-0.2, -0.15) is 0 Å². The quantitative estimate of drug-likeness (QED) is 0.618. The zero-order chi connectivity index (χ0) is 9.84. The van der Waals surface area contributed by atoms with Crippen LogP contribution in [0, 0.1) is 5.92 Å². The third-order valence-corrected chi connectivity index (χ3v) is 2.42. The predicted molar refractivity (Wildman–Crippen MR) is 59.8 cm³/mol. The number of rotatable bonds is 2. The van der Waals surface area contributed by atoms with Gasteiger partial charge >= 0.3 is 0 Å². The molecule has 13 heavy (non-hydrogen) atoms. The average molecular weight is 195 g/mol. The van der Waals surface area contributed by atoms with Gasteiger partial charge in [-0.15, -0.1) is 0 Å². The van der Waals surface area contributed by atoms with Crippen molar-refractivity contribution in [2.75, 3.05) is 0 Å². The third-order valence-electron chi connectivity index (χ3n) is 2.17. The molecule has 0 nitrogen and oxygen atoms in total. The smallest absolute Gasteiger partial charge is 0.0403 e. The van der Waals surface area contributed by atoms with Crippen LogP contribution in [0.15, 0.2) is 47.1 Å². The molecule has 0 spiro atoms. The highest BCUT2D eigenvalue weighted by molar-refractivity contribution is 6.31. The van der Waals surface area contributed by atoms with Gasteiger partial charge in [0.05, 0.1) is 0 Å². The van der Waals surface area contributed by atoms with Gasteiger partial charge in [-0.1, -0.05) is 44.2 Å². The second-order valence-electron chi connectivity index (χ2n) is 3.53. The van der Waals surface area contributed by atoms with Crippen LogP contribution in [0.4, 0.5) is 0 Å². The van der Waals surface area contributed by atoms with Crippen molar-refractivity contribution in [2.45, 2.75) is 20.3 Å². The second kappa shape index (κ2) is 4.48. The Kier molecular flexibility index (Phi) is 3.56. The molecule has 0 aromatic heterocycles. The highest BCUT2D eigenvalue weighted by Crippen LogP contribution is 2.23. The molecule has 0 radical (unpaired) electrons. The summed E-state index contributed by atoms with van der Waals surface area (Å²) in [5.74, 6) is 0.505. The van der Waals surface area contributed by atoms with Crippen LogP contribution in [0.5, 0.6) is 0 Å². The topological polar surface area (TPSA) is 0 Å². The monoisotopic (exact) mass is 194 g/mol. The predicted octanol–water partition coefficient (Wildman–Crippen LogP) is 4.21. The van der Waals surface area contributed by atoms with Gasteiger partial charge in [-0.3, -0.25) is 0 Å². The molecule has 0 bridgehead atoms. The first-order valence-electron chi connectivity index (χ1n) is 4.53. The maximum Gasteiger partial charge on any atom is 0.0403 e. The molecular weight excluding hydrogens is 180 g/mol. The molecule has 0 unspecified atom stereocenters. The van der Waals surface area contributed by atoms with Crippen LogP contribution in [0.1, 0.15) is 20.3 Å². The summed E-state index contributed by atoms with van der Waals surface area (Å²) >= 11 is 5.87. The van der Waals surface area contributed by atoms with Crippen LogP contribution in [0.2, 0.25) is 0 Å². The molecule has 1 aliphatic rings. The zero-order valence-electron chi connectivity index (χ0n) is 8.18. The summed E-state index contributed by atoms with van der Waals surface area (Å²) in [4.78, 5) is 0. The Balaban J connectivity index is 2.83. The van der Waals surface area contributed by atoms with E-state index in [2.05, 4.69) is 32.6 Å². The van der Waals surface area contributed by atoms with Gasteiger partial charge in [0.25, 0.3) is 0 Å². The van der Waals surface area contributed by atoms with Gasteiger partial charge in [-0.25, -0.2) is 0 Å².